The van der Waals surface area contributed by atoms with Gasteiger partial charge >= 0.3 is 0 Å². The maximum atomic E-state index is 12.1. The Labute approximate surface area is 168 Å². The number of amides is 1. The van der Waals surface area contributed by atoms with Gasteiger partial charge in [0, 0.05) is 36.9 Å². The molecule has 3 aromatic rings. The molecule has 0 radical (unpaired) electrons. The molecule has 0 spiro atoms. The molecule has 1 saturated heterocycles. The molecular formula is C22H24N4OS. The molecule has 3 heterocycles. The fourth-order valence-electron chi connectivity index (χ4n) is 4.30. The zero-order valence-electron chi connectivity index (χ0n) is 16.0. The van der Waals surface area contributed by atoms with Crippen LogP contribution in [0, 0.1) is 6.92 Å². The van der Waals surface area contributed by atoms with Crippen molar-refractivity contribution in [3.63, 3.8) is 0 Å². The van der Waals surface area contributed by atoms with Crippen molar-refractivity contribution in [3.05, 3.63) is 58.4 Å². The maximum absolute atomic E-state index is 12.1. The van der Waals surface area contributed by atoms with Crippen LogP contribution in [0.2, 0.25) is 0 Å². The van der Waals surface area contributed by atoms with E-state index >= 15 is 0 Å². The molecule has 3 atom stereocenters. The molecular weight excluding hydrogens is 368 g/mol. The molecule has 2 N–H and O–H groups in total. The summed E-state index contributed by atoms with van der Waals surface area (Å²) in [6.07, 6.45) is 2.50. The summed E-state index contributed by atoms with van der Waals surface area (Å²) in [6, 6.07) is 10.9. The quantitative estimate of drug-likeness (QED) is 0.734. The van der Waals surface area contributed by atoms with Gasteiger partial charge in [-0.15, -0.1) is 11.3 Å². The lowest BCUT2D eigenvalue weighted by atomic mass is 10.0. The Morgan fingerprint density at radius 1 is 1.18 bits per heavy atom. The van der Waals surface area contributed by atoms with Crippen LogP contribution in [0.25, 0.3) is 10.2 Å². The number of nitrogens with two attached hydrogens (primary N) is 1. The molecule has 1 amide bonds. The van der Waals surface area contributed by atoms with E-state index in [0.29, 0.717) is 24.8 Å². The van der Waals surface area contributed by atoms with Crippen molar-refractivity contribution in [2.75, 3.05) is 6.54 Å². The molecule has 0 bridgehead atoms. The Morgan fingerprint density at radius 3 is 2.79 bits per heavy atom. The normalized spacial score (nSPS) is 24.7. The predicted molar refractivity (Wildman–Crippen MR) is 111 cm³/mol. The maximum Gasteiger partial charge on any atom is 0.224 e. The topological polar surface area (TPSA) is 72.1 Å². The van der Waals surface area contributed by atoms with Crippen LogP contribution >= 0.6 is 11.3 Å². The zero-order valence-corrected chi connectivity index (χ0v) is 16.8. The largest absolute Gasteiger partial charge is 0.338 e. The van der Waals surface area contributed by atoms with Crippen molar-refractivity contribution in [1.29, 1.82) is 0 Å². The minimum absolute atomic E-state index is 0.0260. The summed E-state index contributed by atoms with van der Waals surface area (Å²) in [5.41, 5.74) is 9.63. The number of benzene rings is 1. The van der Waals surface area contributed by atoms with Gasteiger partial charge in [0.2, 0.25) is 5.91 Å². The number of likely N-dealkylation sites (tertiary alicyclic amines) is 1. The van der Waals surface area contributed by atoms with Gasteiger partial charge in [-0.3, -0.25) is 4.79 Å². The van der Waals surface area contributed by atoms with Crippen LogP contribution in [0.3, 0.4) is 0 Å². The number of hydrogen-bond donors (Lipinski definition) is 1. The third-order valence-corrected chi connectivity index (χ3v) is 6.76. The second-order valence-corrected chi connectivity index (χ2v) is 8.95. The molecule has 1 aliphatic heterocycles. The lowest BCUT2D eigenvalue weighted by Gasteiger charge is -2.30. The Bertz CT molecular complexity index is 1030. The molecule has 2 aliphatic rings. The highest BCUT2D eigenvalue weighted by Gasteiger charge is 2.41. The Morgan fingerprint density at radius 2 is 2.00 bits per heavy atom. The van der Waals surface area contributed by atoms with Gasteiger partial charge < -0.3 is 10.6 Å². The number of fused-ring (bicyclic) bond motifs is 1. The summed E-state index contributed by atoms with van der Waals surface area (Å²) < 4.78 is 0. The van der Waals surface area contributed by atoms with Gasteiger partial charge in [-0.25, -0.2) is 9.97 Å². The highest BCUT2D eigenvalue weighted by Crippen LogP contribution is 2.55. The van der Waals surface area contributed by atoms with E-state index in [0.717, 1.165) is 30.0 Å². The first-order chi connectivity index (χ1) is 13.6. The first kappa shape index (κ1) is 17.8. The lowest BCUT2D eigenvalue weighted by Crippen LogP contribution is -2.43. The number of aromatic nitrogens is 2. The molecule has 1 aromatic carbocycles. The fourth-order valence-corrected chi connectivity index (χ4v) is 5.11. The number of thiophene rings is 1. The molecule has 5 nitrogen and oxygen atoms in total. The van der Waals surface area contributed by atoms with E-state index in [9.17, 15) is 4.79 Å². The van der Waals surface area contributed by atoms with Crippen molar-refractivity contribution < 1.29 is 4.79 Å². The van der Waals surface area contributed by atoms with Gasteiger partial charge in [0.05, 0.1) is 5.69 Å². The average molecular weight is 393 g/mol. The molecule has 3 unspecified atom stereocenters. The smallest absolute Gasteiger partial charge is 0.224 e. The zero-order chi connectivity index (χ0) is 19.3. The van der Waals surface area contributed by atoms with Crippen molar-refractivity contribution in [2.45, 2.75) is 50.6 Å². The number of piperidine rings is 1. The van der Waals surface area contributed by atoms with Gasteiger partial charge in [-0.2, -0.15) is 0 Å². The van der Waals surface area contributed by atoms with Crippen LogP contribution in [0.15, 0.2) is 35.7 Å². The first-order valence-corrected chi connectivity index (χ1v) is 10.8. The molecule has 1 saturated carbocycles. The van der Waals surface area contributed by atoms with Crippen molar-refractivity contribution in [1.82, 2.24) is 14.9 Å². The van der Waals surface area contributed by atoms with E-state index in [2.05, 4.69) is 40.7 Å². The van der Waals surface area contributed by atoms with Crippen LogP contribution < -0.4 is 5.73 Å². The number of carbonyl (C=O) groups is 1. The van der Waals surface area contributed by atoms with Crippen LogP contribution in [0.4, 0.5) is 0 Å². The molecule has 5 rings (SSSR count). The average Bonchev–Trinajstić information content (AvgIpc) is 3.33. The van der Waals surface area contributed by atoms with Gasteiger partial charge in [0.25, 0.3) is 0 Å². The van der Waals surface area contributed by atoms with E-state index in [1.165, 1.54) is 22.2 Å². The van der Waals surface area contributed by atoms with E-state index in [-0.39, 0.29) is 11.9 Å². The van der Waals surface area contributed by atoms with Crippen molar-refractivity contribution >= 4 is 27.5 Å². The van der Waals surface area contributed by atoms with Gasteiger partial charge in [0.15, 0.2) is 0 Å². The monoisotopic (exact) mass is 392 g/mol. The van der Waals surface area contributed by atoms with Gasteiger partial charge in [0.1, 0.15) is 10.7 Å². The number of aryl methyl sites for hydroxylation is 1. The molecule has 28 heavy (non-hydrogen) atoms. The number of carbonyl (C=O) groups excluding carboxylic acids is 1. The number of hydrogen-bond acceptors (Lipinski definition) is 5. The minimum atomic E-state index is 0.0260. The molecule has 144 valence electrons. The lowest BCUT2D eigenvalue weighted by molar-refractivity contribution is -0.134. The van der Waals surface area contributed by atoms with Crippen molar-refractivity contribution in [3.8, 4) is 0 Å². The van der Waals surface area contributed by atoms with Crippen LogP contribution in [-0.2, 0) is 11.3 Å². The van der Waals surface area contributed by atoms with Crippen LogP contribution in [0.1, 0.15) is 53.7 Å². The Balaban J connectivity index is 1.29. The third-order valence-electron chi connectivity index (χ3n) is 5.95. The summed E-state index contributed by atoms with van der Waals surface area (Å²) >= 11 is 1.69. The standard InChI is InChI=1S/C22H24N4OS/c1-13-24-21(17-7-9-28-22(17)25-13)19-11-18(19)15-4-2-14(3-5-15)12-26-8-6-16(23)10-20(26)27/h2-5,7,9,16,18-19H,6,8,10-12,23H2,1H3. The fraction of sp³-hybridized carbons (Fsp3) is 0.409. The molecule has 2 fully saturated rings. The number of nitrogens with zero attached hydrogens (tertiary/aromatic N) is 3. The second-order valence-electron chi connectivity index (χ2n) is 8.05. The first-order valence-electron chi connectivity index (χ1n) is 9.92. The Hall–Kier alpha value is -2.31. The summed E-state index contributed by atoms with van der Waals surface area (Å²) in [6.45, 7) is 3.42. The van der Waals surface area contributed by atoms with Crippen molar-refractivity contribution in [2.24, 2.45) is 5.73 Å². The summed E-state index contributed by atoms with van der Waals surface area (Å²) in [5.74, 6) is 2.04. The van der Waals surface area contributed by atoms with E-state index in [1.54, 1.807) is 11.3 Å². The minimum Gasteiger partial charge on any atom is -0.338 e. The molecule has 6 heteroatoms. The summed E-state index contributed by atoms with van der Waals surface area (Å²) in [4.78, 5) is 24.5. The van der Waals surface area contributed by atoms with E-state index < -0.39 is 0 Å². The third kappa shape index (κ3) is 3.31. The van der Waals surface area contributed by atoms with Gasteiger partial charge in [-0.05, 0) is 48.3 Å². The predicted octanol–water partition coefficient (Wildman–Crippen LogP) is 3.72. The van der Waals surface area contributed by atoms with E-state index in [4.69, 9.17) is 10.7 Å². The Kier molecular flexibility index (Phi) is 4.40. The molecule has 2 aromatic heterocycles. The number of rotatable bonds is 4. The van der Waals surface area contributed by atoms with Crippen LogP contribution in [0.5, 0.6) is 0 Å². The van der Waals surface area contributed by atoms with Crippen LogP contribution in [-0.4, -0.2) is 33.4 Å². The summed E-state index contributed by atoms with van der Waals surface area (Å²) in [5, 5.41) is 3.31. The SMILES string of the molecule is Cc1nc(C2CC2c2ccc(CN3CCC(N)CC3=O)cc2)c2ccsc2n1. The highest BCUT2D eigenvalue weighted by molar-refractivity contribution is 7.16. The van der Waals surface area contributed by atoms with E-state index in [1.807, 2.05) is 11.8 Å². The highest BCUT2D eigenvalue weighted by atomic mass is 32.1. The molecule has 1 aliphatic carbocycles. The second kappa shape index (κ2) is 6.94. The van der Waals surface area contributed by atoms with Gasteiger partial charge in [-0.1, -0.05) is 24.3 Å². The summed E-state index contributed by atoms with van der Waals surface area (Å²) in [7, 11) is 0.